The molecular weight excluding hydrogens is 483 g/mol. The number of amides is 1. The van der Waals surface area contributed by atoms with E-state index in [4.69, 9.17) is 23.2 Å². The Morgan fingerprint density at radius 3 is 2.37 bits per heavy atom. The van der Waals surface area contributed by atoms with Crippen LogP contribution in [0.4, 0.5) is 0 Å². The molecule has 4 atom stereocenters. The summed E-state index contributed by atoms with van der Waals surface area (Å²) in [5.41, 5.74) is 1.79. The van der Waals surface area contributed by atoms with Crippen molar-refractivity contribution in [3.05, 3.63) is 99.8 Å². The van der Waals surface area contributed by atoms with E-state index in [0.717, 1.165) is 16.7 Å². The van der Waals surface area contributed by atoms with Crippen molar-refractivity contribution in [3.63, 3.8) is 0 Å². The molecule has 1 unspecified atom stereocenters. The van der Waals surface area contributed by atoms with Crippen LogP contribution in [0.25, 0.3) is 0 Å². The largest absolute Gasteiger partial charge is 0.481 e. The standard InChI is InChI=1S/C28H28Cl2N2O3/c1-3-24(18-11-13-31-14-12-18)32-26(19-7-9-21(29)10-8-19)23(20-5-4-6-22(30)15-20)16-28(2,27(32)35)17-25(33)34/h4-15,23-24,26H,3,16-17H2,1-2H3,(H,33,34)/t23-,24?,26-,28-/m1/s1. The summed E-state index contributed by atoms with van der Waals surface area (Å²) in [7, 11) is 0. The van der Waals surface area contributed by atoms with E-state index in [1.54, 1.807) is 19.3 Å². The van der Waals surface area contributed by atoms with Crippen LogP contribution in [0.15, 0.2) is 73.1 Å². The Bertz CT molecular complexity index is 1200. The molecule has 0 radical (unpaired) electrons. The first-order valence-electron chi connectivity index (χ1n) is 11.7. The van der Waals surface area contributed by atoms with Gasteiger partial charge in [0.05, 0.1) is 23.9 Å². The van der Waals surface area contributed by atoms with Crippen LogP contribution in [0.1, 0.15) is 67.8 Å². The molecule has 7 heteroatoms. The zero-order valence-electron chi connectivity index (χ0n) is 19.7. The minimum Gasteiger partial charge on any atom is -0.481 e. The number of aromatic nitrogens is 1. The molecule has 2 aromatic carbocycles. The number of carboxylic acid groups (broad SMARTS) is 1. The van der Waals surface area contributed by atoms with Crippen molar-refractivity contribution in [2.24, 2.45) is 5.41 Å². The molecule has 35 heavy (non-hydrogen) atoms. The summed E-state index contributed by atoms with van der Waals surface area (Å²) in [6.45, 7) is 3.81. The summed E-state index contributed by atoms with van der Waals surface area (Å²) in [6, 6.07) is 18.4. The summed E-state index contributed by atoms with van der Waals surface area (Å²) in [5, 5.41) is 11.0. The van der Waals surface area contributed by atoms with Crippen molar-refractivity contribution < 1.29 is 14.7 Å². The summed E-state index contributed by atoms with van der Waals surface area (Å²) >= 11 is 12.6. The average Bonchev–Trinajstić information content (AvgIpc) is 2.83. The van der Waals surface area contributed by atoms with Gasteiger partial charge in [-0.05, 0) is 65.9 Å². The van der Waals surface area contributed by atoms with Crippen molar-refractivity contribution >= 4 is 35.1 Å². The predicted molar refractivity (Wildman–Crippen MR) is 137 cm³/mol. The zero-order chi connectivity index (χ0) is 25.2. The van der Waals surface area contributed by atoms with E-state index in [-0.39, 0.29) is 30.3 Å². The molecule has 1 aliphatic rings. The van der Waals surface area contributed by atoms with E-state index in [1.807, 2.05) is 72.5 Å². The topological polar surface area (TPSA) is 70.5 Å². The number of likely N-dealkylation sites (tertiary alicyclic amines) is 1. The fourth-order valence-electron chi connectivity index (χ4n) is 5.40. The van der Waals surface area contributed by atoms with Crippen LogP contribution in [-0.4, -0.2) is 26.9 Å². The molecule has 3 aromatic rings. The highest BCUT2D eigenvalue weighted by molar-refractivity contribution is 6.30. The third-order valence-corrected chi connectivity index (χ3v) is 7.43. The number of carboxylic acids is 1. The molecule has 1 amide bonds. The van der Waals surface area contributed by atoms with Crippen LogP contribution < -0.4 is 0 Å². The van der Waals surface area contributed by atoms with Crippen molar-refractivity contribution in [1.29, 1.82) is 0 Å². The fraction of sp³-hybridized carbons (Fsp3) is 0.321. The molecule has 0 aliphatic carbocycles. The second kappa shape index (κ2) is 10.4. The Hall–Kier alpha value is -2.89. The first-order valence-corrected chi connectivity index (χ1v) is 12.4. The van der Waals surface area contributed by atoms with Gasteiger partial charge in [-0.15, -0.1) is 0 Å². The van der Waals surface area contributed by atoms with Crippen LogP contribution in [0.2, 0.25) is 10.0 Å². The number of nitrogens with zero attached hydrogens (tertiary/aromatic N) is 2. The van der Waals surface area contributed by atoms with Crippen LogP contribution >= 0.6 is 23.2 Å². The molecule has 1 fully saturated rings. The number of pyridine rings is 1. The highest BCUT2D eigenvalue weighted by Crippen LogP contribution is 2.54. The van der Waals surface area contributed by atoms with E-state index < -0.39 is 11.4 Å². The van der Waals surface area contributed by atoms with E-state index in [0.29, 0.717) is 22.9 Å². The Balaban J connectivity index is 1.95. The van der Waals surface area contributed by atoms with Gasteiger partial charge in [0, 0.05) is 28.4 Å². The molecule has 1 saturated heterocycles. The molecular formula is C28H28Cl2N2O3. The average molecular weight is 511 g/mol. The summed E-state index contributed by atoms with van der Waals surface area (Å²) in [6.07, 6.45) is 4.23. The van der Waals surface area contributed by atoms with Gasteiger partial charge >= 0.3 is 5.97 Å². The van der Waals surface area contributed by atoms with Gasteiger partial charge in [0.15, 0.2) is 0 Å². The fourth-order valence-corrected chi connectivity index (χ4v) is 5.73. The highest BCUT2D eigenvalue weighted by Gasteiger charge is 2.52. The second-order valence-electron chi connectivity index (χ2n) is 9.41. The molecule has 0 bridgehead atoms. The molecule has 0 saturated carbocycles. The number of aliphatic carboxylic acids is 1. The third-order valence-electron chi connectivity index (χ3n) is 6.95. The Kier molecular flexibility index (Phi) is 7.48. The Labute approximate surface area is 215 Å². The molecule has 1 N–H and O–H groups in total. The number of hydrogen-bond donors (Lipinski definition) is 1. The maximum Gasteiger partial charge on any atom is 0.304 e. The molecule has 4 rings (SSSR count). The minimum absolute atomic E-state index is 0.165. The molecule has 1 aromatic heterocycles. The van der Waals surface area contributed by atoms with Gasteiger partial charge < -0.3 is 10.0 Å². The lowest BCUT2D eigenvalue weighted by Crippen LogP contribution is -2.53. The normalized spacial score (nSPS) is 23.2. The zero-order valence-corrected chi connectivity index (χ0v) is 21.2. The smallest absolute Gasteiger partial charge is 0.304 e. The third kappa shape index (κ3) is 5.21. The van der Waals surface area contributed by atoms with E-state index in [9.17, 15) is 14.7 Å². The van der Waals surface area contributed by atoms with Gasteiger partial charge in [0.25, 0.3) is 0 Å². The van der Waals surface area contributed by atoms with Crippen molar-refractivity contribution in [2.45, 2.75) is 51.1 Å². The summed E-state index contributed by atoms with van der Waals surface area (Å²) in [5.74, 6) is -1.33. The molecule has 2 heterocycles. The van der Waals surface area contributed by atoms with Crippen LogP contribution in [0.5, 0.6) is 0 Å². The first-order chi connectivity index (χ1) is 16.7. The van der Waals surface area contributed by atoms with Gasteiger partial charge in [-0.3, -0.25) is 14.6 Å². The number of halogens is 2. The number of carbonyl (C=O) groups is 2. The number of hydrogen-bond acceptors (Lipinski definition) is 3. The van der Waals surface area contributed by atoms with E-state index in [1.165, 1.54) is 0 Å². The lowest BCUT2D eigenvalue weighted by Gasteiger charge is -2.52. The van der Waals surface area contributed by atoms with Gasteiger partial charge in [0.1, 0.15) is 0 Å². The van der Waals surface area contributed by atoms with Crippen molar-refractivity contribution in [1.82, 2.24) is 9.88 Å². The van der Waals surface area contributed by atoms with Gasteiger partial charge in [0.2, 0.25) is 5.91 Å². The predicted octanol–water partition coefficient (Wildman–Crippen LogP) is 7.08. The van der Waals surface area contributed by atoms with Crippen molar-refractivity contribution in [2.75, 3.05) is 0 Å². The number of piperidine rings is 1. The first kappa shape index (κ1) is 25.2. The highest BCUT2D eigenvalue weighted by atomic mass is 35.5. The monoisotopic (exact) mass is 510 g/mol. The second-order valence-corrected chi connectivity index (χ2v) is 10.3. The minimum atomic E-state index is -1.08. The maximum atomic E-state index is 14.2. The van der Waals surface area contributed by atoms with Crippen LogP contribution in [-0.2, 0) is 9.59 Å². The SMILES string of the molecule is CCC(c1ccncc1)N1C(=O)[C@@](C)(CC(=O)O)C[C@H](c2cccc(Cl)c2)[C@H]1c1ccc(Cl)cc1. The van der Waals surface area contributed by atoms with Crippen LogP contribution in [0.3, 0.4) is 0 Å². The number of carbonyl (C=O) groups excluding carboxylic acids is 1. The molecule has 5 nitrogen and oxygen atoms in total. The van der Waals surface area contributed by atoms with E-state index >= 15 is 0 Å². The molecule has 0 spiro atoms. The molecule has 1 aliphatic heterocycles. The van der Waals surface area contributed by atoms with Crippen molar-refractivity contribution in [3.8, 4) is 0 Å². The number of rotatable bonds is 7. The number of benzene rings is 2. The van der Waals surface area contributed by atoms with Gasteiger partial charge in [-0.25, -0.2) is 0 Å². The van der Waals surface area contributed by atoms with Crippen LogP contribution in [0, 0.1) is 5.41 Å². The quantitative estimate of drug-likeness (QED) is 0.368. The maximum absolute atomic E-state index is 14.2. The Morgan fingerprint density at radius 2 is 1.77 bits per heavy atom. The van der Waals surface area contributed by atoms with Gasteiger partial charge in [-0.1, -0.05) is 61.3 Å². The lowest BCUT2D eigenvalue weighted by atomic mass is 9.66. The summed E-state index contributed by atoms with van der Waals surface area (Å²) < 4.78 is 0. The summed E-state index contributed by atoms with van der Waals surface area (Å²) in [4.78, 5) is 32.2. The molecule has 182 valence electrons. The Morgan fingerprint density at radius 1 is 1.09 bits per heavy atom. The lowest BCUT2D eigenvalue weighted by molar-refractivity contribution is -0.160. The van der Waals surface area contributed by atoms with Gasteiger partial charge in [-0.2, -0.15) is 0 Å². The van der Waals surface area contributed by atoms with E-state index in [2.05, 4.69) is 4.98 Å².